The smallest absolute Gasteiger partial charge is 0.238 e. The number of rotatable bonds is 7. The molecular weight excluding hydrogens is 747 g/mol. The Morgan fingerprint density at radius 1 is 0.361 bits per heavy atom. The lowest BCUT2D eigenvalue weighted by Crippen LogP contribution is -2.10. The van der Waals surface area contributed by atoms with Crippen molar-refractivity contribution >= 4 is 71.6 Å². The molecule has 0 bridgehead atoms. The number of benzene rings is 9. The first kappa shape index (κ1) is 34.7. The maximum absolute atomic E-state index is 7.00. The van der Waals surface area contributed by atoms with Crippen LogP contribution in [0.15, 0.2) is 217 Å². The highest BCUT2D eigenvalue weighted by Gasteiger charge is 2.24. The average molecular weight is 782 g/mol. The molecular formula is C55H35N5O. The third-order valence-corrected chi connectivity index (χ3v) is 11.6. The summed E-state index contributed by atoms with van der Waals surface area (Å²) in [6.07, 6.45) is 0. The van der Waals surface area contributed by atoms with Gasteiger partial charge in [-0.15, -0.1) is 0 Å². The monoisotopic (exact) mass is 781 g/mol. The predicted octanol–water partition coefficient (Wildman–Crippen LogP) is 14.5. The first-order valence-corrected chi connectivity index (χ1v) is 20.4. The molecule has 6 nitrogen and oxygen atoms in total. The van der Waals surface area contributed by atoms with E-state index >= 15 is 0 Å². The zero-order valence-electron chi connectivity index (χ0n) is 32.9. The molecule has 0 atom stereocenters. The summed E-state index contributed by atoms with van der Waals surface area (Å²) >= 11 is 0. The van der Waals surface area contributed by atoms with Crippen molar-refractivity contribution in [1.29, 1.82) is 0 Å². The Bertz CT molecular complexity index is 3470. The van der Waals surface area contributed by atoms with E-state index in [1.54, 1.807) is 0 Å². The molecule has 0 aliphatic carbocycles. The topological polar surface area (TPSA) is 60.0 Å². The van der Waals surface area contributed by atoms with Crippen LogP contribution < -0.4 is 4.90 Å². The van der Waals surface area contributed by atoms with Gasteiger partial charge in [-0.05, 0) is 53.6 Å². The molecule has 286 valence electrons. The van der Waals surface area contributed by atoms with Crippen LogP contribution in [0.2, 0.25) is 0 Å². The molecule has 61 heavy (non-hydrogen) atoms. The number of fused-ring (bicyclic) bond motifs is 8. The molecule has 12 rings (SSSR count). The largest absolute Gasteiger partial charge is 0.455 e. The van der Waals surface area contributed by atoms with Gasteiger partial charge in [-0.25, -0.2) is 4.98 Å². The summed E-state index contributed by atoms with van der Waals surface area (Å²) in [7, 11) is 0. The molecule has 12 aromatic rings. The van der Waals surface area contributed by atoms with E-state index in [0.717, 1.165) is 93.8 Å². The van der Waals surface area contributed by atoms with Gasteiger partial charge in [0.25, 0.3) is 0 Å². The second-order valence-electron chi connectivity index (χ2n) is 15.2. The number of nitrogens with zero attached hydrogens (tertiary/aromatic N) is 5. The van der Waals surface area contributed by atoms with E-state index in [4.69, 9.17) is 19.4 Å². The first-order chi connectivity index (χ1) is 30.2. The molecule has 0 spiro atoms. The molecule has 0 amide bonds. The van der Waals surface area contributed by atoms with Gasteiger partial charge in [0.2, 0.25) is 5.95 Å². The van der Waals surface area contributed by atoms with Crippen LogP contribution in [-0.2, 0) is 0 Å². The van der Waals surface area contributed by atoms with Crippen LogP contribution in [0.25, 0.3) is 94.4 Å². The lowest BCUT2D eigenvalue weighted by atomic mass is 10.0. The van der Waals surface area contributed by atoms with Crippen LogP contribution in [-0.4, -0.2) is 19.5 Å². The van der Waals surface area contributed by atoms with E-state index in [9.17, 15) is 0 Å². The number of para-hydroxylation sites is 2. The number of hydrogen-bond donors (Lipinski definition) is 0. The third-order valence-electron chi connectivity index (χ3n) is 11.6. The lowest BCUT2D eigenvalue weighted by molar-refractivity contribution is 0.673. The van der Waals surface area contributed by atoms with E-state index in [1.807, 2.05) is 66.7 Å². The van der Waals surface area contributed by atoms with E-state index in [0.29, 0.717) is 17.6 Å². The van der Waals surface area contributed by atoms with Gasteiger partial charge in [0, 0.05) is 60.9 Å². The molecule has 3 aromatic heterocycles. The molecule has 0 fully saturated rings. The van der Waals surface area contributed by atoms with E-state index in [2.05, 4.69) is 155 Å². The molecule has 0 radical (unpaired) electrons. The summed E-state index contributed by atoms with van der Waals surface area (Å²) in [5.74, 6) is 1.73. The summed E-state index contributed by atoms with van der Waals surface area (Å²) in [6.45, 7) is 0. The SMILES string of the molecule is c1ccc(-c2ccc3c4cc5c(cc4n(-c4nc(-c6ccccc6)nc(-c6ccccc6)n4)c3c2)oc2c3ccccc3c(N(c3ccccc3)c3ccccc3)cc52)cc1. The van der Waals surface area contributed by atoms with Crippen molar-refractivity contribution in [2.24, 2.45) is 0 Å². The molecule has 9 aromatic carbocycles. The second-order valence-corrected chi connectivity index (χ2v) is 15.2. The maximum atomic E-state index is 7.00. The number of anilines is 3. The molecule has 0 saturated carbocycles. The lowest BCUT2D eigenvalue weighted by Gasteiger charge is -2.27. The summed E-state index contributed by atoms with van der Waals surface area (Å²) in [6, 6.07) is 73.9. The van der Waals surface area contributed by atoms with Crippen molar-refractivity contribution in [3.05, 3.63) is 212 Å². The van der Waals surface area contributed by atoms with Crippen LogP contribution in [0.3, 0.4) is 0 Å². The summed E-state index contributed by atoms with van der Waals surface area (Å²) in [5, 5.41) is 6.39. The maximum Gasteiger partial charge on any atom is 0.238 e. The van der Waals surface area contributed by atoms with Gasteiger partial charge in [0.05, 0.1) is 16.7 Å². The van der Waals surface area contributed by atoms with Crippen molar-refractivity contribution in [2.45, 2.75) is 0 Å². The van der Waals surface area contributed by atoms with E-state index in [-0.39, 0.29) is 0 Å². The highest BCUT2D eigenvalue weighted by Crippen LogP contribution is 2.46. The Hall–Kier alpha value is -8.35. The summed E-state index contributed by atoms with van der Waals surface area (Å²) in [4.78, 5) is 17.8. The fourth-order valence-corrected chi connectivity index (χ4v) is 8.78. The standard InChI is InChI=1S/C55H35N5O/c1-6-18-36(19-7-1)39-30-31-43-45-33-46-47-34-49(59(40-24-12-4-13-25-40)41-26-14-5-15-27-41)42-28-16-17-29-44(42)52(47)61-51(46)35-50(45)60(48(43)32-39)55-57-53(37-20-8-2-9-21-37)56-54(58-55)38-22-10-3-11-23-38/h1-35H. The normalized spacial score (nSPS) is 11.6. The van der Waals surface area contributed by atoms with Gasteiger partial charge < -0.3 is 9.32 Å². The zero-order valence-corrected chi connectivity index (χ0v) is 32.9. The van der Waals surface area contributed by atoms with E-state index < -0.39 is 0 Å². The van der Waals surface area contributed by atoms with Crippen LogP contribution >= 0.6 is 0 Å². The van der Waals surface area contributed by atoms with Gasteiger partial charge in [-0.3, -0.25) is 4.57 Å². The molecule has 0 N–H and O–H groups in total. The molecule has 0 saturated heterocycles. The van der Waals surface area contributed by atoms with Crippen molar-refractivity contribution < 1.29 is 4.42 Å². The van der Waals surface area contributed by atoms with Gasteiger partial charge in [0.15, 0.2) is 11.6 Å². The van der Waals surface area contributed by atoms with E-state index in [1.165, 1.54) is 0 Å². The summed E-state index contributed by atoms with van der Waals surface area (Å²) < 4.78 is 9.18. The van der Waals surface area contributed by atoms with Crippen molar-refractivity contribution in [1.82, 2.24) is 19.5 Å². The Morgan fingerprint density at radius 3 is 1.49 bits per heavy atom. The molecule has 6 heteroatoms. The van der Waals surface area contributed by atoms with Crippen LogP contribution in [0, 0.1) is 0 Å². The Labute approximate surface area is 351 Å². The molecule has 3 heterocycles. The first-order valence-electron chi connectivity index (χ1n) is 20.4. The Morgan fingerprint density at radius 2 is 0.885 bits per heavy atom. The van der Waals surface area contributed by atoms with Crippen molar-refractivity contribution in [3.8, 4) is 39.9 Å². The molecule has 0 aliphatic rings. The number of aromatic nitrogens is 4. The Balaban J connectivity index is 1.17. The van der Waals surface area contributed by atoms with Gasteiger partial charge in [-0.1, -0.05) is 164 Å². The van der Waals surface area contributed by atoms with Gasteiger partial charge in [-0.2, -0.15) is 9.97 Å². The minimum absolute atomic E-state index is 0.530. The quantitative estimate of drug-likeness (QED) is 0.161. The minimum atomic E-state index is 0.530. The summed E-state index contributed by atoms with van der Waals surface area (Å²) in [5.41, 5.74) is 10.8. The van der Waals surface area contributed by atoms with Gasteiger partial charge >= 0.3 is 0 Å². The van der Waals surface area contributed by atoms with Crippen molar-refractivity contribution in [3.63, 3.8) is 0 Å². The highest BCUT2D eigenvalue weighted by atomic mass is 16.3. The average Bonchev–Trinajstić information content (AvgIpc) is 3.86. The van der Waals surface area contributed by atoms with Crippen LogP contribution in [0.5, 0.6) is 0 Å². The number of furan rings is 1. The fraction of sp³-hybridized carbons (Fsp3) is 0. The Kier molecular flexibility index (Phi) is 8.06. The highest BCUT2D eigenvalue weighted by molar-refractivity contribution is 6.23. The second kappa shape index (κ2) is 14.2. The predicted molar refractivity (Wildman–Crippen MR) is 250 cm³/mol. The minimum Gasteiger partial charge on any atom is -0.455 e. The number of hydrogen-bond acceptors (Lipinski definition) is 5. The van der Waals surface area contributed by atoms with Crippen LogP contribution in [0.1, 0.15) is 0 Å². The fourth-order valence-electron chi connectivity index (χ4n) is 8.78. The molecule has 0 aliphatic heterocycles. The zero-order chi connectivity index (χ0) is 40.3. The van der Waals surface area contributed by atoms with Crippen molar-refractivity contribution in [2.75, 3.05) is 4.90 Å². The van der Waals surface area contributed by atoms with Crippen LogP contribution in [0.4, 0.5) is 17.1 Å². The third kappa shape index (κ3) is 5.84. The molecule has 0 unspecified atom stereocenters. The van der Waals surface area contributed by atoms with Gasteiger partial charge in [0.1, 0.15) is 11.2 Å².